The largest absolute Gasteiger partial charge is 0.497 e. The van der Waals surface area contributed by atoms with Crippen molar-refractivity contribution in [2.75, 3.05) is 19.0 Å². The molecule has 39 heavy (non-hydrogen) atoms. The molecule has 2 N–H and O–H groups in total. The molecule has 4 aromatic rings. The van der Waals surface area contributed by atoms with E-state index in [1.54, 1.807) is 86.8 Å². The number of amides is 2. The van der Waals surface area contributed by atoms with Gasteiger partial charge in [-0.05, 0) is 91.3 Å². The fourth-order valence-corrected chi connectivity index (χ4v) is 3.38. The third-order valence-electron chi connectivity index (χ3n) is 5.33. The van der Waals surface area contributed by atoms with Crippen LogP contribution in [0.4, 0.5) is 5.69 Å². The maximum atomic E-state index is 12.5. The van der Waals surface area contributed by atoms with Gasteiger partial charge in [0.1, 0.15) is 5.75 Å². The van der Waals surface area contributed by atoms with Gasteiger partial charge >= 0.3 is 5.97 Å². The van der Waals surface area contributed by atoms with Crippen LogP contribution < -0.4 is 25.0 Å². The highest BCUT2D eigenvalue weighted by atomic mass is 16.6. The average molecular weight is 528 g/mol. The summed E-state index contributed by atoms with van der Waals surface area (Å²) in [5.74, 6) is -0.0955. The number of furan rings is 1. The molecule has 0 spiro atoms. The number of carbonyl (C=O) groups is 3. The summed E-state index contributed by atoms with van der Waals surface area (Å²) in [5, 5.41) is 6.77. The van der Waals surface area contributed by atoms with E-state index in [1.165, 1.54) is 18.5 Å². The van der Waals surface area contributed by atoms with Crippen molar-refractivity contribution < 1.29 is 33.0 Å². The number of anilines is 1. The molecule has 4 rings (SSSR count). The minimum atomic E-state index is -0.652. The van der Waals surface area contributed by atoms with Crippen molar-refractivity contribution in [1.82, 2.24) is 5.43 Å². The molecule has 0 atom stereocenters. The summed E-state index contributed by atoms with van der Waals surface area (Å²) in [7, 11) is 1.55. The number of hydrogen-bond donors (Lipinski definition) is 2. The first kappa shape index (κ1) is 26.7. The van der Waals surface area contributed by atoms with Gasteiger partial charge in [0.05, 0.1) is 26.2 Å². The van der Waals surface area contributed by atoms with Crippen LogP contribution in [0, 0.1) is 0 Å². The van der Waals surface area contributed by atoms with Crippen LogP contribution in [0.2, 0.25) is 0 Å². The first-order chi connectivity index (χ1) is 19.0. The Morgan fingerprint density at radius 1 is 0.897 bits per heavy atom. The number of hydrogen-bond acceptors (Lipinski definition) is 8. The minimum absolute atomic E-state index is 0.0680. The zero-order valence-corrected chi connectivity index (χ0v) is 21.2. The number of methoxy groups -OCH3 is 1. The molecule has 0 bridgehead atoms. The predicted molar refractivity (Wildman–Crippen MR) is 144 cm³/mol. The van der Waals surface area contributed by atoms with Crippen molar-refractivity contribution in [3.05, 3.63) is 108 Å². The monoisotopic (exact) mass is 527 g/mol. The van der Waals surface area contributed by atoms with Gasteiger partial charge in [-0.25, -0.2) is 10.2 Å². The van der Waals surface area contributed by atoms with E-state index < -0.39 is 11.9 Å². The number of rotatable bonds is 10. The Hall–Kier alpha value is -5.38. The molecule has 198 valence electrons. The third kappa shape index (κ3) is 7.10. The van der Waals surface area contributed by atoms with Gasteiger partial charge in [-0.2, -0.15) is 5.10 Å². The summed E-state index contributed by atoms with van der Waals surface area (Å²) in [6, 6.07) is 21.0. The van der Waals surface area contributed by atoms with Gasteiger partial charge in [0.25, 0.3) is 11.8 Å². The Kier molecular flexibility index (Phi) is 8.71. The smallest absolute Gasteiger partial charge is 0.379 e. The fraction of sp³-hybridized carbons (Fsp3) is 0.103. The Bertz CT molecular complexity index is 1460. The zero-order valence-electron chi connectivity index (χ0n) is 21.2. The number of ether oxygens (including phenoxy) is 3. The van der Waals surface area contributed by atoms with Gasteiger partial charge in [0, 0.05) is 16.8 Å². The highest BCUT2D eigenvalue weighted by Crippen LogP contribution is 2.29. The molecule has 10 heteroatoms. The van der Waals surface area contributed by atoms with Crippen molar-refractivity contribution in [2.45, 2.75) is 6.92 Å². The van der Waals surface area contributed by atoms with Gasteiger partial charge < -0.3 is 23.9 Å². The van der Waals surface area contributed by atoms with Crippen molar-refractivity contribution in [2.24, 2.45) is 5.10 Å². The first-order valence-corrected chi connectivity index (χ1v) is 11.9. The van der Waals surface area contributed by atoms with Gasteiger partial charge in [-0.3, -0.25) is 9.59 Å². The molecule has 0 unspecified atom stereocenters. The molecule has 0 aliphatic rings. The van der Waals surface area contributed by atoms with E-state index in [-0.39, 0.29) is 17.4 Å². The van der Waals surface area contributed by atoms with Crippen LogP contribution in [0.25, 0.3) is 0 Å². The van der Waals surface area contributed by atoms with E-state index in [9.17, 15) is 14.4 Å². The summed E-state index contributed by atoms with van der Waals surface area (Å²) < 4.78 is 21.1. The summed E-state index contributed by atoms with van der Waals surface area (Å²) in [5.41, 5.74) is 4.42. The normalized spacial score (nSPS) is 10.6. The quantitative estimate of drug-likeness (QED) is 0.130. The molecule has 1 heterocycles. The van der Waals surface area contributed by atoms with E-state index in [1.807, 2.05) is 0 Å². The Morgan fingerprint density at radius 3 is 2.28 bits per heavy atom. The van der Waals surface area contributed by atoms with Crippen molar-refractivity contribution in [3.63, 3.8) is 0 Å². The molecular formula is C29H25N3O7. The van der Waals surface area contributed by atoms with Crippen LogP contribution in [0.1, 0.15) is 43.8 Å². The molecule has 0 saturated heterocycles. The van der Waals surface area contributed by atoms with Crippen LogP contribution in [-0.4, -0.2) is 37.7 Å². The summed E-state index contributed by atoms with van der Waals surface area (Å²) in [6.45, 7) is 2.15. The standard InChI is InChI=1S/C29H25N3O7/c1-3-37-26-17-19(6-15-24(26)39-29(35)25-5-4-16-38-25)18-30-32-28(34)21-7-11-22(12-8-21)31-27(33)20-9-13-23(36-2)14-10-20/h4-18H,3H2,1-2H3,(H,31,33)(H,32,34)/b30-18-. The van der Waals surface area contributed by atoms with E-state index in [0.29, 0.717) is 40.5 Å². The average Bonchev–Trinajstić information content (AvgIpc) is 3.50. The summed E-state index contributed by atoms with van der Waals surface area (Å²) >= 11 is 0. The van der Waals surface area contributed by atoms with E-state index in [2.05, 4.69) is 15.8 Å². The third-order valence-corrected chi connectivity index (χ3v) is 5.33. The van der Waals surface area contributed by atoms with Gasteiger partial charge in [0.2, 0.25) is 5.76 Å². The Balaban J connectivity index is 1.34. The van der Waals surface area contributed by atoms with Gasteiger partial charge in [0.15, 0.2) is 11.5 Å². The molecule has 1 aromatic heterocycles. The van der Waals surface area contributed by atoms with Crippen LogP contribution >= 0.6 is 0 Å². The van der Waals surface area contributed by atoms with Crippen molar-refractivity contribution in [3.8, 4) is 17.2 Å². The number of nitrogens with one attached hydrogen (secondary N) is 2. The summed E-state index contributed by atoms with van der Waals surface area (Å²) in [4.78, 5) is 37.1. The number of carbonyl (C=O) groups excluding carboxylic acids is 3. The van der Waals surface area contributed by atoms with E-state index >= 15 is 0 Å². The molecule has 0 saturated carbocycles. The van der Waals surface area contributed by atoms with Gasteiger partial charge in [-0.15, -0.1) is 0 Å². The number of hydrazone groups is 1. The predicted octanol–water partition coefficient (Wildman–Crippen LogP) is 4.92. The van der Waals surface area contributed by atoms with Crippen LogP contribution in [0.3, 0.4) is 0 Å². The molecular weight excluding hydrogens is 502 g/mol. The topological polar surface area (TPSA) is 128 Å². The first-order valence-electron chi connectivity index (χ1n) is 11.9. The van der Waals surface area contributed by atoms with Crippen LogP contribution in [0.15, 0.2) is 94.6 Å². The van der Waals surface area contributed by atoms with Gasteiger partial charge in [-0.1, -0.05) is 0 Å². The second kappa shape index (κ2) is 12.7. The molecule has 0 fully saturated rings. The molecule has 0 aliphatic carbocycles. The Morgan fingerprint density at radius 2 is 1.62 bits per heavy atom. The SMILES string of the molecule is CCOc1cc(/C=N\NC(=O)c2ccc(NC(=O)c3ccc(OC)cc3)cc2)ccc1OC(=O)c1ccco1. The lowest BCUT2D eigenvalue weighted by Crippen LogP contribution is -2.18. The maximum absolute atomic E-state index is 12.5. The summed E-state index contributed by atoms with van der Waals surface area (Å²) in [6.07, 6.45) is 2.81. The minimum Gasteiger partial charge on any atom is -0.497 e. The lowest BCUT2D eigenvalue weighted by Gasteiger charge is -2.10. The second-order valence-electron chi connectivity index (χ2n) is 7.97. The molecule has 10 nitrogen and oxygen atoms in total. The number of nitrogens with zero attached hydrogens (tertiary/aromatic N) is 1. The van der Waals surface area contributed by atoms with Crippen LogP contribution in [-0.2, 0) is 0 Å². The number of benzene rings is 3. The van der Waals surface area contributed by atoms with Crippen molar-refractivity contribution >= 4 is 29.7 Å². The zero-order chi connectivity index (χ0) is 27.6. The molecule has 0 aliphatic heterocycles. The van der Waals surface area contributed by atoms with E-state index in [0.717, 1.165) is 0 Å². The molecule has 3 aromatic carbocycles. The number of esters is 1. The van der Waals surface area contributed by atoms with E-state index in [4.69, 9.17) is 18.6 Å². The maximum Gasteiger partial charge on any atom is 0.379 e. The molecule has 0 radical (unpaired) electrons. The Labute approximate surface area is 224 Å². The fourth-order valence-electron chi connectivity index (χ4n) is 3.38. The lowest BCUT2D eigenvalue weighted by atomic mass is 10.1. The lowest BCUT2D eigenvalue weighted by molar-refractivity contribution is 0.0694. The second-order valence-corrected chi connectivity index (χ2v) is 7.97. The van der Waals surface area contributed by atoms with Crippen molar-refractivity contribution in [1.29, 1.82) is 0 Å². The highest BCUT2D eigenvalue weighted by Gasteiger charge is 2.15. The highest BCUT2D eigenvalue weighted by molar-refractivity contribution is 6.04. The van der Waals surface area contributed by atoms with Crippen LogP contribution in [0.5, 0.6) is 17.2 Å². The molecule has 2 amide bonds.